The van der Waals surface area contributed by atoms with Crippen molar-refractivity contribution in [3.8, 4) is 0 Å². The van der Waals surface area contributed by atoms with E-state index in [2.05, 4.69) is 0 Å². The maximum atomic E-state index is 11.2. The van der Waals surface area contributed by atoms with E-state index in [1.807, 2.05) is 19.1 Å². The number of nitrogens with two attached hydrogens (primary N) is 2. The Kier molecular flexibility index (Phi) is 2.04. The van der Waals surface area contributed by atoms with Gasteiger partial charge in [0.1, 0.15) is 0 Å². The number of aryl methyl sites for hydroxylation is 1. The summed E-state index contributed by atoms with van der Waals surface area (Å²) >= 11 is 0. The number of rotatable bonds is 2. The largest absolute Gasteiger partial charge is 0.366 e. The molecule has 2 atom stereocenters. The molecule has 4 N–H and O–H groups in total. The lowest BCUT2D eigenvalue weighted by Gasteiger charge is -2.06. The van der Waals surface area contributed by atoms with Gasteiger partial charge in [-0.2, -0.15) is 0 Å². The third kappa shape index (κ3) is 1.51. The van der Waals surface area contributed by atoms with Crippen molar-refractivity contribution in [3.05, 3.63) is 34.9 Å². The highest BCUT2D eigenvalue weighted by molar-refractivity contribution is 5.94. The summed E-state index contributed by atoms with van der Waals surface area (Å²) in [5.41, 5.74) is 13.8. The summed E-state index contributed by atoms with van der Waals surface area (Å²) in [6.07, 6.45) is 0.962. The first-order chi connectivity index (χ1) is 6.59. The second kappa shape index (κ2) is 3.10. The zero-order chi connectivity index (χ0) is 10.3. The number of hydrogen-bond donors (Lipinski definition) is 2. The van der Waals surface area contributed by atoms with Crippen molar-refractivity contribution in [2.75, 3.05) is 0 Å². The first-order valence-electron chi connectivity index (χ1n) is 4.75. The number of carbonyl (C=O) groups excluding carboxylic acids is 1. The Morgan fingerprint density at radius 3 is 2.64 bits per heavy atom. The lowest BCUT2D eigenvalue weighted by atomic mass is 10.00. The van der Waals surface area contributed by atoms with Crippen LogP contribution in [0.1, 0.15) is 33.8 Å². The molecule has 1 aliphatic rings. The molecule has 0 aromatic heterocycles. The van der Waals surface area contributed by atoms with Crippen molar-refractivity contribution < 1.29 is 4.79 Å². The Morgan fingerprint density at radius 2 is 2.14 bits per heavy atom. The Labute approximate surface area is 83.1 Å². The minimum absolute atomic E-state index is 0.204. The van der Waals surface area contributed by atoms with Gasteiger partial charge in [-0.15, -0.1) is 0 Å². The van der Waals surface area contributed by atoms with Gasteiger partial charge in [0.25, 0.3) is 0 Å². The molecule has 1 aliphatic carbocycles. The predicted molar refractivity (Wildman–Crippen MR) is 55.0 cm³/mol. The molecule has 1 amide bonds. The van der Waals surface area contributed by atoms with Gasteiger partial charge in [0.2, 0.25) is 5.91 Å². The molecule has 14 heavy (non-hydrogen) atoms. The number of primary amides is 1. The molecule has 1 fully saturated rings. The molecule has 2 rings (SSSR count). The molecule has 0 heterocycles. The lowest BCUT2D eigenvalue weighted by molar-refractivity contribution is 0.0999. The van der Waals surface area contributed by atoms with E-state index in [-0.39, 0.29) is 11.9 Å². The van der Waals surface area contributed by atoms with Crippen molar-refractivity contribution in [2.24, 2.45) is 11.5 Å². The molecule has 1 saturated carbocycles. The molecular formula is C11H14N2O. The molecule has 0 bridgehead atoms. The Balaban J connectivity index is 2.44. The SMILES string of the molecule is Cc1ccc(C(N)=O)c(C2CC2N)c1. The van der Waals surface area contributed by atoms with Gasteiger partial charge in [0.05, 0.1) is 0 Å². The van der Waals surface area contributed by atoms with Crippen LogP contribution in [0.25, 0.3) is 0 Å². The fraction of sp³-hybridized carbons (Fsp3) is 0.364. The normalized spacial score (nSPS) is 24.7. The second-order valence-electron chi connectivity index (χ2n) is 3.96. The van der Waals surface area contributed by atoms with E-state index in [0.29, 0.717) is 11.5 Å². The van der Waals surface area contributed by atoms with Gasteiger partial charge >= 0.3 is 0 Å². The average Bonchev–Trinajstić information content (AvgIpc) is 2.82. The highest BCUT2D eigenvalue weighted by Crippen LogP contribution is 2.40. The zero-order valence-electron chi connectivity index (χ0n) is 8.16. The topological polar surface area (TPSA) is 69.1 Å². The van der Waals surface area contributed by atoms with Crippen LogP contribution in [0.5, 0.6) is 0 Å². The highest BCUT2D eigenvalue weighted by Gasteiger charge is 2.36. The molecule has 0 spiro atoms. The van der Waals surface area contributed by atoms with Crippen LogP contribution in [-0.4, -0.2) is 11.9 Å². The van der Waals surface area contributed by atoms with Crippen molar-refractivity contribution in [1.82, 2.24) is 0 Å². The zero-order valence-corrected chi connectivity index (χ0v) is 8.16. The molecule has 2 unspecified atom stereocenters. The van der Waals surface area contributed by atoms with Crippen molar-refractivity contribution >= 4 is 5.91 Å². The molecular weight excluding hydrogens is 176 g/mol. The van der Waals surface area contributed by atoms with Gasteiger partial charge in [-0.3, -0.25) is 4.79 Å². The summed E-state index contributed by atoms with van der Waals surface area (Å²) < 4.78 is 0. The molecule has 3 heteroatoms. The monoisotopic (exact) mass is 190 g/mol. The molecule has 1 aromatic rings. The second-order valence-corrected chi connectivity index (χ2v) is 3.96. The lowest BCUT2D eigenvalue weighted by Crippen LogP contribution is -2.14. The number of hydrogen-bond acceptors (Lipinski definition) is 2. The summed E-state index contributed by atoms with van der Waals surface area (Å²) in [5.74, 6) is -0.0310. The van der Waals surface area contributed by atoms with Crippen LogP contribution in [0, 0.1) is 6.92 Å². The molecule has 3 nitrogen and oxygen atoms in total. The van der Waals surface area contributed by atoms with Crippen LogP contribution >= 0.6 is 0 Å². The van der Waals surface area contributed by atoms with Gasteiger partial charge in [-0.25, -0.2) is 0 Å². The fourth-order valence-corrected chi connectivity index (χ4v) is 1.79. The van der Waals surface area contributed by atoms with Gasteiger partial charge in [-0.1, -0.05) is 17.7 Å². The van der Waals surface area contributed by atoms with Crippen molar-refractivity contribution in [1.29, 1.82) is 0 Å². The van der Waals surface area contributed by atoms with Crippen LogP contribution in [0.2, 0.25) is 0 Å². The van der Waals surface area contributed by atoms with E-state index >= 15 is 0 Å². The minimum Gasteiger partial charge on any atom is -0.366 e. The maximum Gasteiger partial charge on any atom is 0.248 e. The van der Waals surface area contributed by atoms with Gasteiger partial charge in [0, 0.05) is 17.5 Å². The summed E-state index contributed by atoms with van der Waals surface area (Å²) in [6.45, 7) is 2.00. The van der Waals surface area contributed by atoms with Crippen LogP contribution in [-0.2, 0) is 0 Å². The summed E-state index contributed by atoms with van der Waals surface area (Å²) in [4.78, 5) is 11.2. The smallest absolute Gasteiger partial charge is 0.248 e. The summed E-state index contributed by atoms with van der Waals surface area (Å²) in [6, 6.07) is 5.91. The van der Waals surface area contributed by atoms with E-state index in [1.165, 1.54) is 0 Å². The quantitative estimate of drug-likeness (QED) is 0.727. The molecule has 0 aliphatic heterocycles. The molecule has 1 aromatic carbocycles. The Hall–Kier alpha value is -1.35. The third-order valence-corrected chi connectivity index (χ3v) is 2.71. The van der Waals surface area contributed by atoms with E-state index in [9.17, 15) is 4.79 Å². The average molecular weight is 190 g/mol. The number of amides is 1. The van der Waals surface area contributed by atoms with Crippen molar-refractivity contribution in [2.45, 2.75) is 25.3 Å². The van der Waals surface area contributed by atoms with Crippen LogP contribution in [0.4, 0.5) is 0 Å². The predicted octanol–water partition coefficient (Wildman–Crippen LogP) is 0.909. The van der Waals surface area contributed by atoms with Gasteiger partial charge in [-0.05, 0) is 25.0 Å². The van der Waals surface area contributed by atoms with E-state index < -0.39 is 0 Å². The third-order valence-electron chi connectivity index (χ3n) is 2.71. The minimum atomic E-state index is -0.362. The molecule has 0 saturated heterocycles. The van der Waals surface area contributed by atoms with E-state index in [4.69, 9.17) is 11.5 Å². The van der Waals surface area contributed by atoms with Crippen molar-refractivity contribution in [3.63, 3.8) is 0 Å². The number of benzene rings is 1. The molecule has 74 valence electrons. The number of carbonyl (C=O) groups is 1. The summed E-state index contributed by atoms with van der Waals surface area (Å²) in [5, 5.41) is 0. The molecule has 0 radical (unpaired) electrons. The van der Waals surface area contributed by atoms with Gasteiger partial charge in [0.15, 0.2) is 0 Å². The van der Waals surface area contributed by atoms with E-state index in [1.54, 1.807) is 6.07 Å². The first kappa shape index (κ1) is 9.21. The summed E-state index contributed by atoms with van der Waals surface area (Å²) in [7, 11) is 0. The van der Waals surface area contributed by atoms with Crippen LogP contribution in [0.3, 0.4) is 0 Å². The van der Waals surface area contributed by atoms with E-state index in [0.717, 1.165) is 17.5 Å². The van der Waals surface area contributed by atoms with Crippen LogP contribution in [0.15, 0.2) is 18.2 Å². The Bertz CT molecular complexity index is 387. The van der Waals surface area contributed by atoms with Crippen LogP contribution < -0.4 is 11.5 Å². The Morgan fingerprint density at radius 1 is 1.50 bits per heavy atom. The fourth-order valence-electron chi connectivity index (χ4n) is 1.79. The maximum absolute atomic E-state index is 11.2. The standard InChI is InChI=1S/C11H14N2O/c1-6-2-3-7(11(13)14)8(4-6)9-5-10(9)12/h2-4,9-10H,5,12H2,1H3,(H2,13,14). The van der Waals surface area contributed by atoms with Gasteiger partial charge < -0.3 is 11.5 Å². The first-order valence-corrected chi connectivity index (χ1v) is 4.75. The highest BCUT2D eigenvalue weighted by atomic mass is 16.1.